The molecule has 0 aliphatic heterocycles. The van der Waals surface area contributed by atoms with Crippen LogP contribution in [0.3, 0.4) is 0 Å². The predicted octanol–water partition coefficient (Wildman–Crippen LogP) is 4.47. The van der Waals surface area contributed by atoms with Gasteiger partial charge in [-0.25, -0.2) is 0 Å². The molecule has 0 aromatic rings. The molecule has 0 heterocycles. The third kappa shape index (κ3) is 3.35. The molecule has 0 spiro atoms. The molecule has 0 saturated carbocycles. The molecule has 0 saturated heterocycles. The van der Waals surface area contributed by atoms with E-state index in [1.165, 1.54) is 25.7 Å². The SMILES string of the molecule is CCCC(C)C(C)(CCl)CCC. The van der Waals surface area contributed by atoms with E-state index in [1.807, 2.05) is 0 Å². The van der Waals surface area contributed by atoms with Crippen LogP contribution in [0.1, 0.15) is 53.4 Å². The highest BCUT2D eigenvalue weighted by molar-refractivity contribution is 6.18. The van der Waals surface area contributed by atoms with Gasteiger partial charge in [-0.05, 0) is 17.8 Å². The normalized spacial score (nSPS) is 18.8. The minimum atomic E-state index is 0.367. The number of halogens is 1. The lowest BCUT2D eigenvalue weighted by molar-refractivity contribution is 0.202. The zero-order valence-electron chi connectivity index (χ0n) is 8.99. The fraction of sp³-hybridized carbons (Fsp3) is 1.00. The van der Waals surface area contributed by atoms with E-state index in [0.717, 1.165) is 11.8 Å². The van der Waals surface area contributed by atoms with Crippen LogP contribution in [0, 0.1) is 11.3 Å². The standard InChI is InChI=1S/C11H23Cl/c1-5-7-10(3)11(4,9-12)8-6-2/h10H,5-9H2,1-4H3. The quantitative estimate of drug-likeness (QED) is 0.543. The Balaban J connectivity index is 4.08. The van der Waals surface area contributed by atoms with E-state index >= 15 is 0 Å². The topological polar surface area (TPSA) is 0 Å². The Hall–Kier alpha value is 0.290. The molecule has 0 N–H and O–H groups in total. The molecule has 0 nitrogen and oxygen atoms in total. The number of alkyl halides is 1. The summed E-state index contributed by atoms with van der Waals surface area (Å²) in [5, 5.41) is 0. The highest BCUT2D eigenvalue weighted by Crippen LogP contribution is 2.36. The maximum absolute atomic E-state index is 6.02. The summed E-state index contributed by atoms with van der Waals surface area (Å²) in [5.41, 5.74) is 0.367. The lowest BCUT2D eigenvalue weighted by atomic mass is 9.74. The van der Waals surface area contributed by atoms with Crippen molar-refractivity contribution in [2.75, 3.05) is 5.88 Å². The fourth-order valence-electron chi connectivity index (χ4n) is 1.80. The Morgan fingerprint density at radius 1 is 1.25 bits per heavy atom. The lowest BCUT2D eigenvalue weighted by Gasteiger charge is -2.33. The summed E-state index contributed by atoms with van der Waals surface area (Å²) in [4.78, 5) is 0. The molecule has 2 atom stereocenters. The molecule has 0 aromatic heterocycles. The Morgan fingerprint density at radius 2 is 1.83 bits per heavy atom. The third-order valence-corrected chi connectivity index (χ3v) is 3.65. The lowest BCUT2D eigenvalue weighted by Crippen LogP contribution is -2.27. The van der Waals surface area contributed by atoms with E-state index in [-0.39, 0.29) is 0 Å². The van der Waals surface area contributed by atoms with Gasteiger partial charge in [-0.1, -0.05) is 47.0 Å². The molecule has 0 bridgehead atoms. The highest BCUT2D eigenvalue weighted by Gasteiger charge is 2.28. The summed E-state index contributed by atoms with van der Waals surface area (Å²) in [7, 11) is 0. The Bertz CT molecular complexity index is 112. The second-order valence-corrected chi connectivity index (χ2v) is 4.49. The summed E-state index contributed by atoms with van der Waals surface area (Å²) in [6.45, 7) is 9.14. The summed E-state index contributed by atoms with van der Waals surface area (Å²) >= 11 is 6.02. The van der Waals surface area contributed by atoms with Crippen LogP contribution >= 0.6 is 11.6 Å². The molecule has 0 aliphatic carbocycles. The molecule has 0 fully saturated rings. The van der Waals surface area contributed by atoms with Gasteiger partial charge >= 0.3 is 0 Å². The van der Waals surface area contributed by atoms with Gasteiger partial charge in [0.15, 0.2) is 0 Å². The molecule has 0 amide bonds. The molecular formula is C11H23Cl. The molecule has 0 radical (unpaired) electrons. The first kappa shape index (κ1) is 12.3. The predicted molar refractivity (Wildman–Crippen MR) is 57.8 cm³/mol. The number of rotatable bonds is 6. The fourth-order valence-corrected chi connectivity index (χ4v) is 2.19. The minimum Gasteiger partial charge on any atom is -0.126 e. The molecule has 1 heteroatoms. The maximum atomic E-state index is 6.02. The molecule has 0 aliphatic rings. The Morgan fingerprint density at radius 3 is 2.17 bits per heavy atom. The molecule has 74 valence electrons. The van der Waals surface area contributed by atoms with Crippen molar-refractivity contribution in [3.8, 4) is 0 Å². The second-order valence-electron chi connectivity index (χ2n) is 4.23. The summed E-state index contributed by atoms with van der Waals surface area (Å²) in [6, 6.07) is 0. The molecular weight excluding hydrogens is 168 g/mol. The van der Waals surface area contributed by atoms with Crippen molar-refractivity contribution >= 4 is 11.6 Å². The Kier molecular flexibility index (Phi) is 6.00. The zero-order chi connectivity index (χ0) is 9.61. The minimum absolute atomic E-state index is 0.367. The monoisotopic (exact) mass is 190 g/mol. The smallest absolute Gasteiger partial charge is 0.0279 e. The maximum Gasteiger partial charge on any atom is 0.0279 e. The van der Waals surface area contributed by atoms with E-state index in [1.54, 1.807) is 0 Å². The van der Waals surface area contributed by atoms with Gasteiger partial charge in [0.2, 0.25) is 0 Å². The van der Waals surface area contributed by atoms with Crippen LogP contribution < -0.4 is 0 Å². The van der Waals surface area contributed by atoms with Crippen molar-refractivity contribution in [3.05, 3.63) is 0 Å². The average Bonchev–Trinajstić information content (AvgIpc) is 2.05. The Labute approximate surface area is 82.7 Å². The van der Waals surface area contributed by atoms with E-state index in [4.69, 9.17) is 11.6 Å². The van der Waals surface area contributed by atoms with Crippen molar-refractivity contribution in [3.63, 3.8) is 0 Å². The molecule has 12 heavy (non-hydrogen) atoms. The van der Waals surface area contributed by atoms with E-state index < -0.39 is 0 Å². The van der Waals surface area contributed by atoms with Gasteiger partial charge in [0.25, 0.3) is 0 Å². The average molecular weight is 191 g/mol. The summed E-state index contributed by atoms with van der Waals surface area (Å²) < 4.78 is 0. The van der Waals surface area contributed by atoms with Crippen molar-refractivity contribution in [1.29, 1.82) is 0 Å². The van der Waals surface area contributed by atoms with Crippen LogP contribution in [0.5, 0.6) is 0 Å². The van der Waals surface area contributed by atoms with Crippen LogP contribution in [-0.4, -0.2) is 5.88 Å². The van der Waals surface area contributed by atoms with Crippen LogP contribution in [0.2, 0.25) is 0 Å². The van der Waals surface area contributed by atoms with Gasteiger partial charge < -0.3 is 0 Å². The van der Waals surface area contributed by atoms with Crippen molar-refractivity contribution in [2.45, 2.75) is 53.4 Å². The van der Waals surface area contributed by atoms with Gasteiger partial charge in [-0.2, -0.15) is 0 Å². The van der Waals surface area contributed by atoms with Crippen molar-refractivity contribution in [1.82, 2.24) is 0 Å². The molecule has 2 unspecified atom stereocenters. The second kappa shape index (κ2) is 5.85. The van der Waals surface area contributed by atoms with Gasteiger partial charge in [-0.3, -0.25) is 0 Å². The largest absolute Gasteiger partial charge is 0.126 e. The van der Waals surface area contributed by atoms with Crippen molar-refractivity contribution < 1.29 is 0 Å². The van der Waals surface area contributed by atoms with Gasteiger partial charge in [0.05, 0.1) is 0 Å². The highest BCUT2D eigenvalue weighted by atomic mass is 35.5. The van der Waals surface area contributed by atoms with E-state index in [9.17, 15) is 0 Å². The van der Waals surface area contributed by atoms with E-state index in [2.05, 4.69) is 27.7 Å². The first-order chi connectivity index (χ1) is 5.60. The first-order valence-corrected chi connectivity index (χ1v) is 5.70. The number of hydrogen-bond acceptors (Lipinski definition) is 0. The van der Waals surface area contributed by atoms with Crippen LogP contribution in [0.4, 0.5) is 0 Å². The first-order valence-electron chi connectivity index (χ1n) is 5.16. The molecule has 0 rings (SSSR count). The van der Waals surface area contributed by atoms with Crippen molar-refractivity contribution in [2.24, 2.45) is 11.3 Å². The molecule has 0 aromatic carbocycles. The summed E-state index contributed by atoms with van der Waals surface area (Å²) in [6.07, 6.45) is 5.09. The van der Waals surface area contributed by atoms with Crippen LogP contribution in [-0.2, 0) is 0 Å². The van der Waals surface area contributed by atoms with E-state index in [0.29, 0.717) is 5.41 Å². The third-order valence-electron chi connectivity index (χ3n) is 3.04. The zero-order valence-corrected chi connectivity index (χ0v) is 9.75. The van der Waals surface area contributed by atoms with Gasteiger partial charge in [0.1, 0.15) is 0 Å². The van der Waals surface area contributed by atoms with Crippen LogP contribution in [0.15, 0.2) is 0 Å². The summed E-state index contributed by atoms with van der Waals surface area (Å²) in [5.74, 6) is 1.57. The van der Waals surface area contributed by atoms with Gasteiger partial charge in [-0.15, -0.1) is 11.6 Å². The van der Waals surface area contributed by atoms with Crippen LogP contribution in [0.25, 0.3) is 0 Å². The van der Waals surface area contributed by atoms with Gasteiger partial charge in [0, 0.05) is 5.88 Å². The number of hydrogen-bond donors (Lipinski definition) is 0.